The summed E-state index contributed by atoms with van der Waals surface area (Å²) in [6, 6.07) is 3.27. The Labute approximate surface area is 112 Å². The first kappa shape index (κ1) is 13.8. The van der Waals surface area contributed by atoms with Gasteiger partial charge < -0.3 is 15.4 Å². The van der Waals surface area contributed by atoms with Gasteiger partial charge in [-0.1, -0.05) is 12.8 Å². The van der Waals surface area contributed by atoms with Crippen LogP contribution in [0.1, 0.15) is 36.2 Å². The summed E-state index contributed by atoms with van der Waals surface area (Å²) in [5.74, 6) is 5.14. The third-order valence-corrected chi connectivity index (χ3v) is 3.50. The Hall–Kier alpha value is -1.66. The van der Waals surface area contributed by atoms with Crippen LogP contribution in [0.2, 0.25) is 0 Å². The molecule has 1 aromatic rings. The first-order chi connectivity index (χ1) is 9.26. The molecule has 1 aliphatic rings. The largest absolute Gasteiger partial charge is 0.394 e. The standard InChI is InChI=1S/C13H20N4O2/c14-16-10-5-6-12(15-8-10)13(19)17-7-3-1-2-4-11(17)9-18/h5-6,8,11,16,18H,1-4,7,9,14H2. The van der Waals surface area contributed by atoms with E-state index in [0.29, 0.717) is 17.9 Å². The highest BCUT2D eigenvalue weighted by atomic mass is 16.3. The van der Waals surface area contributed by atoms with E-state index >= 15 is 0 Å². The van der Waals surface area contributed by atoms with Crippen LogP contribution in [0, 0.1) is 0 Å². The van der Waals surface area contributed by atoms with Crippen molar-refractivity contribution in [3.63, 3.8) is 0 Å². The van der Waals surface area contributed by atoms with E-state index in [-0.39, 0.29) is 18.6 Å². The molecule has 0 saturated carbocycles. The molecule has 0 aliphatic carbocycles. The molecular formula is C13H20N4O2. The summed E-state index contributed by atoms with van der Waals surface area (Å²) in [4.78, 5) is 18.3. The first-order valence-corrected chi connectivity index (χ1v) is 6.60. The molecule has 6 heteroatoms. The first-order valence-electron chi connectivity index (χ1n) is 6.60. The maximum Gasteiger partial charge on any atom is 0.272 e. The normalized spacial score (nSPS) is 19.9. The lowest BCUT2D eigenvalue weighted by Crippen LogP contribution is -2.42. The maximum atomic E-state index is 12.4. The molecule has 2 heterocycles. The summed E-state index contributed by atoms with van der Waals surface area (Å²) < 4.78 is 0. The Morgan fingerprint density at radius 2 is 2.32 bits per heavy atom. The van der Waals surface area contributed by atoms with Gasteiger partial charge in [0.15, 0.2) is 0 Å². The number of nitrogen functional groups attached to an aromatic ring is 1. The predicted molar refractivity (Wildman–Crippen MR) is 72.4 cm³/mol. The fraction of sp³-hybridized carbons (Fsp3) is 0.538. The van der Waals surface area contributed by atoms with Gasteiger partial charge in [0.25, 0.3) is 5.91 Å². The van der Waals surface area contributed by atoms with Crippen molar-refractivity contribution in [2.45, 2.75) is 31.7 Å². The van der Waals surface area contributed by atoms with Crippen LogP contribution in [-0.4, -0.2) is 40.1 Å². The molecular weight excluding hydrogens is 244 g/mol. The van der Waals surface area contributed by atoms with E-state index in [2.05, 4.69) is 10.4 Å². The monoisotopic (exact) mass is 264 g/mol. The van der Waals surface area contributed by atoms with Crippen LogP contribution in [0.25, 0.3) is 0 Å². The van der Waals surface area contributed by atoms with E-state index in [0.717, 1.165) is 25.7 Å². The number of aliphatic hydroxyl groups is 1. The lowest BCUT2D eigenvalue weighted by molar-refractivity contribution is 0.0594. The number of carbonyl (C=O) groups is 1. The van der Waals surface area contributed by atoms with Crippen LogP contribution >= 0.6 is 0 Å². The Kier molecular flexibility index (Phi) is 4.70. The number of likely N-dealkylation sites (tertiary alicyclic amines) is 1. The molecule has 1 fully saturated rings. The molecule has 6 nitrogen and oxygen atoms in total. The number of carbonyl (C=O) groups excluding carboxylic acids is 1. The van der Waals surface area contributed by atoms with Gasteiger partial charge >= 0.3 is 0 Å². The average molecular weight is 264 g/mol. The van der Waals surface area contributed by atoms with Crippen LogP contribution in [-0.2, 0) is 0 Å². The number of amides is 1. The number of hydrogen-bond donors (Lipinski definition) is 3. The molecule has 0 radical (unpaired) electrons. The van der Waals surface area contributed by atoms with Crippen molar-refractivity contribution in [2.24, 2.45) is 5.84 Å². The highest BCUT2D eigenvalue weighted by Gasteiger charge is 2.26. The van der Waals surface area contributed by atoms with Crippen molar-refractivity contribution in [1.82, 2.24) is 9.88 Å². The number of aliphatic hydroxyl groups excluding tert-OH is 1. The number of aromatic nitrogens is 1. The van der Waals surface area contributed by atoms with Crippen molar-refractivity contribution in [2.75, 3.05) is 18.6 Å². The van der Waals surface area contributed by atoms with Crippen molar-refractivity contribution < 1.29 is 9.90 Å². The fourth-order valence-corrected chi connectivity index (χ4v) is 2.39. The summed E-state index contributed by atoms with van der Waals surface area (Å²) in [6.07, 6.45) is 5.51. The van der Waals surface area contributed by atoms with Crippen LogP contribution < -0.4 is 11.3 Å². The van der Waals surface area contributed by atoms with Gasteiger partial charge in [0.1, 0.15) is 5.69 Å². The van der Waals surface area contributed by atoms with Gasteiger partial charge in [-0.15, -0.1) is 0 Å². The summed E-state index contributed by atoms with van der Waals surface area (Å²) >= 11 is 0. The SMILES string of the molecule is NNc1ccc(C(=O)N2CCCCCC2CO)nc1. The molecule has 1 amide bonds. The van der Waals surface area contributed by atoms with Gasteiger partial charge in [-0.2, -0.15) is 0 Å². The lowest BCUT2D eigenvalue weighted by atomic mass is 10.1. The number of pyridine rings is 1. The van der Waals surface area contributed by atoms with Crippen LogP contribution in [0.5, 0.6) is 0 Å². The topological polar surface area (TPSA) is 91.5 Å². The number of nitrogens with zero attached hydrogens (tertiary/aromatic N) is 2. The number of nitrogens with two attached hydrogens (primary N) is 1. The van der Waals surface area contributed by atoms with E-state index < -0.39 is 0 Å². The molecule has 0 spiro atoms. The Bertz CT molecular complexity index is 421. The molecule has 1 aliphatic heterocycles. The number of nitrogens with one attached hydrogen (secondary N) is 1. The maximum absolute atomic E-state index is 12.4. The minimum absolute atomic E-state index is 0.00811. The smallest absolute Gasteiger partial charge is 0.272 e. The third-order valence-electron chi connectivity index (χ3n) is 3.50. The molecule has 104 valence electrons. The molecule has 1 unspecified atom stereocenters. The van der Waals surface area contributed by atoms with E-state index in [4.69, 9.17) is 5.84 Å². The second-order valence-corrected chi connectivity index (χ2v) is 4.76. The minimum Gasteiger partial charge on any atom is -0.394 e. The lowest BCUT2D eigenvalue weighted by Gasteiger charge is -2.28. The van der Waals surface area contributed by atoms with Crippen molar-refractivity contribution in [3.8, 4) is 0 Å². The average Bonchev–Trinajstić information content (AvgIpc) is 2.71. The molecule has 2 rings (SSSR count). The highest BCUT2D eigenvalue weighted by molar-refractivity contribution is 5.92. The van der Waals surface area contributed by atoms with Gasteiger partial charge in [0, 0.05) is 6.54 Å². The minimum atomic E-state index is -0.121. The summed E-state index contributed by atoms with van der Waals surface area (Å²) in [6.45, 7) is 0.691. The molecule has 0 bridgehead atoms. The Morgan fingerprint density at radius 1 is 1.47 bits per heavy atom. The van der Waals surface area contributed by atoms with E-state index in [1.165, 1.54) is 6.20 Å². The van der Waals surface area contributed by atoms with E-state index in [1.54, 1.807) is 17.0 Å². The summed E-state index contributed by atoms with van der Waals surface area (Å²) in [5.41, 5.74) is 3.52. The van der Waals surface area contributed by atoms with E-state index in [1.807, 2.05) is 0 Å². The zero-order valence-electron chi connectivity index (χ0n) is 10.9. The number of rotatable bonds is 3. The zero-order valence-corrected chi connectivity index (χ0v) is 10.9. The molecule has 1 aromatic heterocycles. The molecule has 1 atom stereocenters. The molecule has 19 heavy (non-hydrogen) atoms. The molecule has 4 N–H and O–H groups in total. The second kappa shape index (κ2) is 6.49. The van der Waals surface area contributed by atoms with Gasteiger partial charge in [-0.05, 0) is 25.0 Å². The van der Waals surface area contributed by atoms with Gasteiger partial charge in [-0.3, -0.25) is 10.6 Å². The summed E-state index contributed by atoms with van der Waals surface area (Å²) in [5, 5.41) is 9.42. The third kappa shape index (κ3) is 3.21. The summed E-state index contributed by atoms with van der Waals surface area (Å²) in [7, 11) is 0. The second-order valence-electron chi connectivity index (χ2n) is 4.76. The van der Waals surface area contributed by atoms with Crippen LogP contribution in [0.3, 0.4) is 0 Å². The zero-order chi connectivity index (χ0) is 13.7. The van der Waals surface area contributed by atoms with Crippen LogP contribution in [0.4, 0.5) is 5.69 Å². The number of hydrazine groups is 1. The number of hydrogen-bond acceptors (Lipinski definition) is 5. The van der Waals surface area contributed by atoms with Gasteiger partial charge in [-0.25, -0.2) is 4.98 Å². The van der Waals surface area contributed by atoms with Crippen molar-refractivity contribution in [3.05, 3.63) is 24.0 Å². The van der Waals surface area contributed by atoms with E-state index in [9.17, 15) is 9.90 Å². The van der Waals surface area contributed by atoms with Crippen molar-refractivity contribution in [1.29, 1.82) is 0 Å². The fourth-order valence-electron chi connectivity index (χ4n) is 2.39. The highest BCUT2D eigenvalue weighted by Crippen LogP contribution is 2.19. The Balaban J connectivity index is 2.15. The molecule has 1 saturated heterocycles. The molecule has 0 aromatic carbocycles. The predicted octanol–water partition coefficient (Wildman–Crippen LogP) is 0.744. The number of anilines is 1. The quantitative estimate of drug-likeness (QED) is 0.553. The van der Waals surface area contributed by atoms with Gasteiger partial charge in [0.2, 0.25) is 0 Å². The van der Waals surface area contributed by atoms with Gasteiger partial charge in [0.05, 0.1) is 24.5 Å². The van der Waals surface area contributed by atoms with Crippen LogP contribution in [0.15, 0.2) is 18.3 Å². The Morgan fingerprint density at radius 3 is 2.95 bits per heavy atom. The van der Waals surface area contributed by atoms with Crippen molar-refractivity contribution >= 4 is 11.6 Å².